The first-order chi connectivity index (χ1) is 11.7. The lowest BCUT2D eigenvalue weighted by molar-refractivity contribution is -0.147. The Morgan fingerprint density at radius 3 is 2.83 bits per heavy atom. The number of ether oxygens (including phenoxy) is 1. The molecule has 126 valence electrons. The summed E-state index contributed by atoms with van der Waals surface area (Å²) in [7, 11) is 0. The van der Waals surface area contributed by atoms with Crippen molar-refractivity contribution in [3.05, 3.63) is 47.2 Å². The number of esters is 1. The molecule has 0 bridgehead atoms. The van der Waals surface area contributed by atoms with E-state index in [4.69, 9.17) is 9.15 Å². The van der Waals surface area contributed by atoms with Gasteiger partial charge in [-0.15, -0.1) is 10.2 Å². The summed E-state index contributed by atoms with van der Waals surface area (Å²) < 4.78 is 11.0. The molecular weight excluding hydrogens is 306 g/mol. The van der Waals surface area contributed by atoms with Gasteiger partial charge in [0, 0.05) is 6.42 Å². The first-order valence-corrected chi connectivity index (χ1v) is 8.45. The SMILES string of the molecule is Cc1ccccc1Cc1nnc(CN2CCCC23CCOC3=O)o1. The first-order valence-electron chi connectivity index (χ1n) is 8.45. The maximum Gasteiger partial charge on any atom is 0.326 e. The summed E-state index contributed by atoms with van der Waals surface area (Å²) >= 11 is 0. The zero-order valence-electron chi connectivity index (χ0n) is 13.8. The number of carbonyl (C=O) groups is 1. The van der Waals surface area contributed by atoms with Crippen molar-refractivity contribution in [2.45, 2.75) is 44.7 Å². The Labute approximate surface area is 140 Å². The molecular formula is C18H21N3O3. The van der Waals surface area contributed by atoms with Crippen molar-refractivity contribution < 1.29 is 13.9 Å². The topological polar surface area (TPSA) is 68.5 Å². The third kappa shape index (κ3) is 2.60. The van der Waals surface area contributed by atoms with Gasteiger partial charge >= 0.3 is 5.97 Å². The second-order valence-corrected chi connectivity index (χ2v) is 6.64. The molecule has 2 aliphatic heterocycles. The monoisotopic (exact) mass is 327 g/mol. The van der Waals surface area contributed by atoms with E-state index in [2.05, 4.69) is 34.2 Å². The molecule has 0 N–H and O–H groups in total. The van der Waals surface area contributed by atoms with Gasteiger partial charge in [-0.1, -0.05) is 24.3 Å². The molecule has 2 fully saturated rings. The van der Waals surface area contributed by atoms with Gasteiger partial charge < -0.3 is 9.15 Å². The number of likely N-dealkylation sites (tertiary alicyclic amines) is 1. The maximum absolute atomic E-state index is 12.2. The van der Waals surface area contributed by atoms with E-state index >= 15 is 0 Å². The van der Waals surface area contributed by atoms with Crippen LogP contribution in [0.1, 0.15) is 42.2 Å². The van der Waals surface area contributed by atoms with E-state index in [1.807, 2.05) is 12.1 Å². The number of aryl methyl sites for hydroxylation is 1. The molecule has 1 aromatic carbocycles. The lowest BCUT2D eigenvalue weighted by Crippen LogP contribution is -2.47. The van der Waals surface area contributed by atoms with Crippen LogP contribution in [0, 0.1) is 6.92 Å². The van der Waals surface area contributed by atoms with E-state index in [0.717, 1.165) is 25.8 Å². The Hall–Kier alpha value is -2.21. The zero-order chi connectivity index (χ0) is 16.6. The van der Waals surface area contributed by atoms with Crippen LogP contribution in [-0.2, 0) is 22.5 Å². The second kappa shape index (κ2) is 6.02. The Morgan fingerprint density at radius 1 is 1.21 bits per heavy atom. The molecule has 6 nitrogen and oxygen atoms in total. The second-order valence-electron chi connectivity index (χ2n) is 6.64. The van der Waals surface area contributed by atoms with Gasteiger partial charge in [0.1, 0.15) is 5.54 Å². The smallest absolute Gasteiger partial charge is 0.326 e. The predicted molar refractivity (Wildman–Crippen MR) is 86.2 cm³/mol. The average Bonchev–Trinajstić information content (AvgIpc) is 3.27. The van der Waals surface area contributed by atoms with Crippen molar-refractivity contribution in [1.29, 1.82) is 0 Å². The number of benzene rings is 1. The number of nitrogens with zero attached hydrogens (tertiary/aromatic N) is 3. The largest absolute Gasteiger partial charge is 0.464 e. The minimum absolute atomic E-state index is 0.0975. The summed E-state index contributed by atoms with van der Waals surface area (Å²) in [4.78, 5) is 14.3. The summed E-state index contributed by atoms with van der Waals surface area (Å²) in [6.07, 6.45) is 3.25. The molecule has 1 atom stereocenters. The quantitative estimate of drug-likeness (QED) is 0.802. The van der Waals surface area contributed by atoms with E-state index in [-0.39, 0.29) is 5.97 Å². The Morgan fingerprint density at radius 2 is 2.04 bits per heavy atom. The minimum atomic E-state index is -0.468. The number of aromatic nitrogens is 2. The summed E-state index contributed by atoms with van der Waals surface area (Å²) in [5, 5.41) is 8.34. The fraction of sp³-hybridized carbons (Fsp3) is 0.500. The van der Waals surface area contributed by atoms with Crippen molar-refractivity contribution in [2.24, 2.45) is 0 Å². The number of cyclic esters (lactones) is 1. The zero-order valence-corrected chi connectivity index (χ0v) is 13.8. The maximum atomic E-state index is 12.2. The number of hydrogen-bond donors (Lipinski definition) is 0. The lowest BCUT2D eigenvalue weighted by atomic mass is 9.94. The highest BCUT2D eigenvalue weighted by Gasteiger charge is 2.52. The highest BCUT2D eigenvalue weighted by molar-refractivity contribution is 5.83. The standard InChI is InChI=1S/C18H21N3O3/c1-13-5-2-3-6-14(13)11-15-19-20-16(24-15)12-21-9-4-7-18(21)8-10-23-17(18)22/h2-3,5-6H,4,7-12H2,1H3. The molecule has 2 aliphatic rings. The van der Waals surface area contributed by atoms with Gasteiger partial charge in [0.2, 0.25) is 11.8 Å². The fourth-order valence-corrected chi connectivity index (χ4v) is 3.79. The Bertz CT molecular complexity index is 753. The van der Waals surface area contributed by atoms with Gasteiger partial charge in [-0.05, 0) is 37.4 Å². The summed E-state index contributed by atoms with van der Waals surface area (Å²) in [5.41, 5.74) is 1.93. The highest BCUT2D eigenvalue weighted by atomic mass is 16.5. The predicted octanol–water partition coefficient (Wildman–Crippen LogP) is 2.25. The molecule has 4 rings (SSSR count). The van der Waals surface area contributed by atoms with Crippen LogP contribution < -0.4 is 0 Å². The molecule has 1 aromatic heterocycles. The van der Waals surface area contributed by atoms with Crippen LogP contribution in [0.3, 0.4) is 0 Å². The number of hydrogen-bond acceptors (Lipinski definition) is 6. The van der Waals surface area contributed by atoms with Gasteiger partial charge in [-0.25, -0.2) is 0 Å². The molecule has 2 aromatic rings. The van der Waals surface area contributed by atoms with E-state index in [0.29, 0.717) is 31.4 Å². The van der Waals surface area contributed by atoms with Crippen LogP contribution in [0.25, 0.3) is 0 Å². The normalized spacial score (nSPS) is 24.0. The molecule has 0 amide bonds. The van der Waals surface area contributed by atoms with Crippen LogP contribution >= 0.6 is 0 Å². The van der Waals surface area contributed by atoms with Crippen LogP contribution in [0.15, 0.2) is 28.7 Å². The van der Waals surface area contributed by atoms with E-state index < -0.39 is 5.54 Å². The third-order valence-corrected chi connectivity index (χ3v) is 5.19. The molecule has 6 heteroatoms. The molecule has 1 spiro atoms. The van der Waals surface area contributed by atoms with E-state index in [1.54, 1.807) is 0 Å². The van der Waals surface area contributed by atoms with Gasteiger partial charge in [0.05, 0.1) is 19.6 Å². The summed E-state index contributed by atoms with van der Waals surface area (Å²) in [6.45, 7) is 3.96. The van der Waals surface area contributed by atoms with Crippen LogP contribution in [-0.4, -0.2) is 39.8 Å². The highest BCUT2D eigenvalue weighted by Crippen LogP contribution is 2.38. The van der Waals surface area contributed by atoms with Crippen molar-refractivity contribution in [3.63, 3.8) is 0 Å². The van der Waals surface area contributed by atoms with Crippen LogP contribution in [0.2, 0.25) is 0 Å². The van der Waals surface area contributed by atoms with Crippen molar-refractivity contribution >= 4 is 5.97 Å². The van der Waals surface area contributed by atoms with E-state index in [1.165, 1.54) is 11.1 Å². The average molecular weight is 327 g/mol. The van der Waals surface area contributed by atoms with Gasteiger partial charge in [-0.2, -0.15) is 0 Å². The molecule has 0 saturated carbocycles. The van der Waals surface area contributed by atoms with Gasteiger partial charge in [0.25, 0.3) is 0 Å². The molecule has 24 heavy (non-hydrogen) atoms. The third-order valence-electron chi connectivity index (χ3n) is 5.19. The Kier molecular flexibility index (Phi) is 3.84. The molecule has 0 aliphatic carbocycles. The van der Waals surface area contributed by atoms with Crippen molar-refractivity contribution in [3.8, 4) is 0 Å². The van der Waals surface area contributed by atoms with Crippen LogP contribution in [0.5, 0.6) is 0 Å². The molecule has 3 heterocycles. The number of rotatable bonds is 4. The van der Waals surface area contributed by atoms with Crippen molar-refractivity contribution in [1.82, 2.24) is 15.1 Å². The van der Waals surface area contributed by atoms with Crippen LogP contribution in [0.4, 0.5) is 0 Å². The van der Waals surface area contributed by atoms with Crippen molar-refractivity contribution in [2.75, 3.05) is 13.2 Å². The first kappa shape index (κ1) is 15.3. The van der Waals surface area contributed by atoms with Gasteiger partial charge in [0.15, 0.2) is 0 Å². The molecule has 0 radical (unpaired) electrons. The van der Waals surface area contributed by atoms with Gasteiger partial charge in [-0.3, -0.25) is 9.69 Å². The summed E-state index contributed by atoms with van der Waals surface area (Å²) in [6, 6.07) is 8.18. The lowest BCUT2D eigenvalue weighted by Gasteiger charge is -2.29. The fourth-order valence-electron chi connectivity index (χ4n) is 3.79. The van der Waals surface area contributed by atoms with E-state index in [9.17, 15) is 4.79 Å². The minimum Gasteiger partial charge on any atom is -0.464 e. The molecule has 1 unspecified atom stereocenters. The summed E-state index contributed by atoms with van der Waals surface area (Å²) in [5.74, 6) is 1.08. The molecule has 2 saturated heterocycles. The number of carbonyl (C=O) groups excluding carboxylic acids is 1. The Balaban J connectivity index is 1.48.